The molecule has 102 valence electrons. The molecule has 1 amide bonds. The van der Waals surface area contributed by atoms with Crippen LogP contribution in [0.4, 0.5) is 5.69 Å². The number of fused-ring (bicyclic) bond motifs is 1. The van der Waals surface area contributed by atoms with Gasteiger partial charge in [-0.15, -0.1) is 0 Å². The molecule has 1 aromatic carbocycles. The fourth-order valence-electron chi connectivity index (χ4n) is 2.21. The van der Waals surface area contributed by atoms with Crippen LogP contribution in [0.5, 0.6) is 5.75 Å². The van der Waals surface area contributed by atoms with E-state index in [9.17, 15) is 4.79 Å². The molecular weight excluding hydrogens is 320 g/mol. The molecular formula is C15H13BrN2O2. The molecule has 0 fully saturated rings. The molecule has 2 heterocycles. The summed E-state index contributed by atoms with van der Waals surface area (Å²) < 4.78 is 6.41. The zero-order chi connectivity index (χ0) is 13.9. The third-order valence-corrected chi connectivity index (χ3v) is 3.91. The van der Waals surface area contributed by atoms with Gasteiger partial charge < -0.3 is 10.1 Å². The maximum atomic E-state index is 12.3. The summed E-state index contributed by atoms with van der Waals surface area (Å²) in [5.74, 6) is 0.665. The van der Waals surface area contributed by atoms with Gasteiger partial charge in [0.2, 0.25) is 5.91 Å². The van der Waals surface area contributed by atoms with Crippen molar-refractivity contribution in [2.75, 3.05) is 11.9 Å². The van der Waals surface area contributed by atoms with Gasteiger partial charge in [0, 0.05) is 12.4 Å². The second-order valence-electron chi connectivity index (χ2n) is 4.66. The van der Waals surface area contributed by atoms with E-state index in [4.69, 9.17) is 4.74 Å². The number of carbonyl (C=O) groups is 1. The summed E-state index contributed by atoms with van der Waals surface area (Å²) in [5.41, 5.74) is 1.80. The lowest BCUT2D eigenvalue weighted by molar-refractivity contribution is -0.121. The number of carbonyl (C=O) groups excluding carboxylic acids is 1. The van der Waals surface area contributed by atoms with Crippen LogP contribution in [0.25, 0.3) is 0 Å². The fourth-order valence-corrected chi connectivity index (χ4v) is 2.56. The molecule has 0 spiro atoms. The SMILES string of the molecule is O=C(Nc1ccncc1Br)C1COc2ccccc2C1. The van der Waals surface area contributed by atoms with Crippen molar-refractivity contribution in [1.29, 1.82) is 0 Å². The zero-order valence-corrected chi connectivity index (χ0v) is 12.3. The number of halogens is 1. The molecule has 2 aromatic rings. The van der Waals surface area contributed by atoms with Crippen LogP contribution in [-0.2, 0) is 11.2 Å². The highest BCUT2D eigenvalue weighted by molar-refractivity contribution is 9.10. The van der Waals surface area contributed by atoms with Crippen LogP contribution in [-0.4, -0.2) is 17.5 Å². The summed E-state index contributed by atoms with van der Waals surface area (Å²) in [6, 6.07) is 9.59. The summed E-state index contributed by atoms with van der Waals surface area (Å²) in [5, 5.41) is 2.90. The normalized spacial score (nSPS) is 16.9. The summed E-state index contributed by atoms with van der Waals surface area (Å²) in [4.78, 5) is 16.3. The maximum absolute atomic E-state index is 12.3. The minimum Gasteiger partial charge on any atom is -0.492 e. The minimum absolute atomic E-state index is 0.0357. The van der Waals surface area contributed by atoms with Crippen LogP contribution in [0.15, 0.2) is 47.2 Å². The van der Waals surface area contributed by atoms with Gasteiger partial charge in [-0.25, -0.2) is 0 Å². The largest absolute Gasteiger partial charge is 0.492 e. The standard InChI is InChI=1S/C15H13BrN2O2/c16-12-8-17-6-5-13(12)18-15(19)11-7-10-3-1-2-4-14(10)20-9-11/h1-6,8,11H,7,9H2,(H,17,18,19). The molecule has 0 aliphatic carbocycles. The van der Waals surface area contributed by atoms with E-state index in [0.29, 0.717) is 13.0 Å². The predicted octanol–water partition coefficient (Wildman–Crippen LogP) is 3.03. The van der Waals surface area contributed by atoms with Crippen molar-refractivity contribution < 1.29 is 9.53 Å². The van der Waals surface area contributed by atoms with Crippen molar-refractivity contribution in [3.8, 4) is 5.75 Å². The molecule has 4 nitrogen and oxygen atoms in total. The number of ether oxygens (including phenoxy) is 1. The lowest BCUT2D eigenvalue weighted by Crippen LogP contribution is -2.32. The summed E-state index contributed by atoms with van der Waals surface area (Å²) >= 11 is 3.37. The molecule has 0 saturated heterocycles. The molecule has 1 unspecified atom stereocenters. The number of anilines is 1. The van der Waals surface area contributed by atoms with Crippen molar-refractivity contribution in [3.63, 3.8) is 0 Å². The quantitative estimate of drug-likeness (QED) is 0.919. The summed E-state index contributed by atoms with van der Waals surface area (Å²) in [6.07, 6.45) is 4.00. The minimum atomic E-state index is -0.176. The van der Waals surface area contributed by atoms with E-state index >= 15 is 0 Å². The van der Waals surface area contributed by atoms with Crippen molar-refractivity contribution in [3.05, 3.63) is 52.8 Å². The molecule has 1 aliphatic heterocycles. The second kappa shape index (κ2) is 5.63. The number of aromatic nitrogens is 1. The number of pyridine rings is 1. The van der Waals surface area contributed by atoms with Crippen LogP contribution in [0.2, 0.25) is 0 Å². The Kier molecular flexibility index (Phi) is 3.69. The topological polar surface area (TPSA) is 51.2 Å². The highest BCUT2D eigenvalue weighted by Gasteiger charge is 2.26. The molecule has 1 atom stereocenters. The van der Waals surface area contributed by atoms with Crippen molar-refractivity contribution >= 4 is 27.5 Å². The van der Waals surface area contributed by atoms with Crippen LogP contribution in [0, 0.1) is 5.92 Å². The van der Waals surface area contributed by atoms with Gasteiger partial charge in [-0.2, -0.15) is 0 Å². The lowest BCUT2D eigenvalue weighted by atomic mass is 9.96. The number of hydrogen-bond acceptors (Lipinski definition) is 3. The van der Waals surface area contributed by atoms with E-state index in [2.05, 4.69) is 26.2 Å². The average molecular weight is 333 g/mol. The number of nitrogens with zero attached hydrogens (tertiary/aromatic N) is 1. The Morgan fingerprint density at radius 1 is 1.35 bits per heavy atom. The summed E-state index contributed by atoms with van der Waals surface area (Å²) in [7, 11) is 0. The molecule has 1 aliphatic rings. The first-order valence-electron chi connectivity index (χ1n) is 6.35. The third-order valence-electron chi connectivity index (χ3n) is 3.28. The average Bonchev–Trinajstić information content (AvgIpc) is 2.49. The van der Waals surface area contributed by atoms with Crippen LogP contribution >= 0.6 is 15.9 Å². The maximum Gasteiger partial charge on any atom is 0.231 e. The van der Waals surface area contributed by atoms with E-state index < -0.39 is 0 Å². The summed E-state index contributed by atoms with van der Waals surface area (Å²) in [6.45, 7) is 0.408. The van der Waals surface area contributed by atoms with E-state index in [1.54, 1.807) is 18.5 Å². The molecule has 0 bridgehead atoms. The van der Waals surface area contributed by atoms with Gasteiger partial charge in [-0.05, 0) is 40.0 Å². The predicted molar refractivity (Wildman–Crippen MR) is 79.7 cm³/mol. The Hall–Kier alpha value is -1.88. The smallest absolute Gasteiger partial charge is 0.231 e. The lowest BCUT2D eigenvalue weighted by Gasteiger charge is -2.24. The Morgan fingerprint density at radius 3 is 3.05 bits per heavy atom. The molecule has 3 rings (SSSR count). The van der Waals surface area contributed by atoms with Crippen LogP contribution < -0.4 is 10.1 Å². The molecule has 20 heavy (non-hydrogen) atoms. The number of amides is 1. The molecule has 0 saturated carbocycles. The van der Waals surface area contributed by atoms with Crippen molar-refractivity contribution in [1.82, 2.24) is 4.98 Å². The molecule has 0 radical (unpaired) electrons. The highest BCUT2D eigenvalue weighted by Crippen LogP contribution is 2.28. The van der Waals surface area contributed by atoms with E-state index in [-0.39, 0.29) is 11.8 Å². The zero-order valence-electron chi connectivity index (χ0n) is 10.7. The van der Waals surface area contributed by atoms with Gasteiger partial charge in [0.05, 0.1) is 16.1 Å². The fraction of sp³-hybridized carbons (Fsp3) is 0.200. The third kappa shape index (κ3) is 2.67. The van der Waals surface area contributed by atoms with Gasteiger partial charge in [0.15, 0.2) is 0 Å². The van der Waals surface area contributed by atoms with E-state index in [1.165, 1.54) is 0 Å². The van der Waals surface area contributed by atoms with Crippen molar-refractivity contribution in [2.45, 2.75) is 6.42 Å². The van der Waals surface area contributed by atoms with Gasteiger partial charge in [0.25, 0.3) is 0 Å². The van der Waals surface area contributed by atoms with Gasteiger partial charge in [-0.1, -0.05) is 18.2 Å². The van der Waals surface area contributed by atoms with Crippen molar-refractivity contribution in [2.24, 2.45) is 5.92 Å². The van der Waals surface area contributed by atoms with E-state index in [0.717, 1.165) is 21.5 Å². The molecule has 1 aromatic heterocycles. The Morgan fingerprint density at radius 2 is 2.20 bits per heavy atom. The van der Waals surface area contributed by atoms with Crippen LogP contribution in [0.3, 0.4) is 0 Å². The first-order valence-corrected chi connectivity index (χ1v) is 7.14. The van der Waals surface area contributed by atoms with Gasteiger partial charge in [-0.3, -0.25) is 9.78 Å². The first-order chi connectivity index (χ1) is 9.74. The second-order valence-corrected chi connectivity index (χ2v) is 5.52. The highest BCUT2D eigenvalue weighted by atomic mass is 79.9. The number of para-hydroxylation sites is 1. The first kappa shape index (κ1) is 13.1. The van der Waals surface area contributed by atoms with E-state index in [1.807, 2.05) is 24.3 Å². The Labute approximate surface area is 125 Å². The number of rotatable bonds is 2. The van der Waals surface area contributed by atoms with Gasteiger partial charge in [0.1, 0.15) is 12.4 Å². The molecule has 1 N–H and O–H groups in total. The van der Waals surface area contributed by atoms with Crippen LogP contribution in [0.1, 0.15) is 5.56 Å². The Balaban J connectivity index is 1.72. The Bertz CT molecular complexity index is 645. The number of benzene rings is 1. The number of hydrogen-bond donors (Lipinski definition) is 1. The number of nitrogens with one attached hydrogen (secondary N) is 1. The molecule has 5 heteroatoms. The monoisotopic (exact) mass is 332 g/mol. The van der Waals surface area contributed by atoms with Gasteiger partial charge >= 0.3 is 0 Å².